The Hall–Kier alpha value is -2.61. The molecule has 2 fully saturated rings. The van der Waals surface area contributed by atoms with Crippen LogP contribution in [0, 0.1) is 5.92 Å². The van der Waals surface area contributed by atoms with E-state index in [0.717, 1.165) is 49.3 Å². The number of thiazole rings is 1. The van der Waals surface area contributed by atoms with Gasteiger partial charge < -0.3 is 19.3 Å². The molecule has 2 aliphatic rings. The summed E-state index contributed by atoms with van der Waals surface area (Å²) < 4.78 is 10.7. The van der Waals surface area contributed by atoms with Gasteiger partial charge in [0.25, 0.3) is 5.91 Å². The lowest BCUT2D eigenvalue weighted by Gasteiger charge is -2.33. The van der Waals surface area contributed by atoms with Crippen LogP contribution < -0.4 is 9.47 Å². The summed E-state index contributed by atoms with van der Waals surface area (Å²) in [5.41, 5.74) is 1.34. The van der Waals surface area contributed by atoms with Crippen molar-refractivity contribution in [1.82, 2.24) is 14.8 Å². The Labute approximate surface area is 193 Å². The molecule has 7 nitrogen and oxygen atoms in total. The molecule has 1 aromatic heterocycles. The lowest BCUT2D eigenvalue weighted by atomic mass is 9.95. The largest absolute Gasteiger partial charge is 0.493 e. The lowest BCUT2D eigenvalue weighted by molar-refractivity contribution is -0.136. The van der Waals surface area contributed by atoms with Crippen molar-refractivity contribution >= 4 is 23.2 Å². The predicted octanol–water partition coefficient (Wildman–Crippen LogP) is 4.08. The van der Waals surface area contributed by atoms with Crippen LogP contribution in [0.25, 0.3) is 10.6 Å². The monoisotopic (exact) mass is 457 g/mol. The average Bonchev–Trinajstić information content (AvgIpc) is 3.18. The topological polar surface area (TPSA) is 72.0 Å². The Morgan fingerprint density at radius 3 is 2.28 bits per heavy atom. The first kappa shape index (κ1) is 22.6. The van der Waals surface area contributed by atoms with Crippen LogP contribution in [0.4, 0.5) is 0 Å². The van der Waals surface area contributed by atoms with Crippen LogP contribution in [-0.4, -0.2) is 67.0 Å². The molecule has 0 bridgehead atoms. The molecular formula is C24H31N3O4S. The Morgan fingerprint density at radius 2 is 1.62 bits per heavy atom. The van der Waals surface area contributed by atoms with E-state index in [1.165, 1.54) is 24.2 Å². The van der Waals surface area contributed by atoms with Crippen molar-refractivity contribution in [3.63, 3.8) is 0 Å². The molecule has 2 aliphatic heterocycles. The summed E-state index contributed by atoms with van der Waals surface area (Å²) in [6.07, 6.45) is 6.11. The van der Waals surface area contributed by atoms with Gasteiger partial charge in [0.2, 0.25) is 5.91 Å². The molecule has 2 amide bonds. The number of hydrogen-bond acceptors (Lipinski definition) is 6. The van der Waals surface area contributed by atoms with Gasteiger partial charge in [0.1, 0.15) is 10.7 Å². The van der Waals surface area contributed by atoms with Gasteiger partial charge in [-0.2, -0.15) is 0 Å². The maximum Gasteiger partial charge on any atom is 0.273 e. The number of piperidine rings is 1. The number of rotatable bonds is 5. The first-order chi connectivity index (χ1) is 15.6. The van der Waals surface area contributed by atoms with E-state index in [9.17, 15) is 9.59 Å². The number of ether oxygens (including phenoxy) is 2. The van der Waals surface area contributed by atoms with E-state index in [1.807, 2.05) is 33.4 Å². The average molecular weight is 458 g/mol. The maximum atomic E-state index is 13.0. The SMILES string of the molecule is COc1ccc(-c2nc(C(=O)N3CCC(C(=O)N4CCCCCC4)CC3)cs2)cc1OC. The summed E-state index contributed by atoms with van der Waals surface area (Å²) in [5.74, 6) is 1.54. The number of carbonyl (C=O) groups is 2. The van der Waals surface area contributed by atoms with Crippen molar-refractivity contribution < 1.29 is 19.1 Å². The molecule has 3 heterocycles. The summed E-state index contributed by atoms with van der Waals surface area (Å²) in [6.45, 7) is 2.98. The second-order valence-electron chi connectivity index (χ2n) is 8.41. The summed E-state index contributed by atoms with van der Waals surface area (Å²) in [5, 5.41) is 2.57. The number of amides is 2. The molecule has 0 spiro atoms. The van der Waals surface area contributed by atoms with Crippen LogP contribution in [0.1, 0.15) is 49.0 Å². The van der Waals surface area contributed by atoms with Crippen molar-refractivity contribution in [2.45, 2.75) is 38.5 Å². The molecule has 172 valence electrons. The first-order valence-electron chi connectivity index (χ1n) is 11.4. The Morgan fingerprint density at radius 1 is 0.938 bits per heavy atom. The molecule has 2 saturated heterocycles. The molecule has 0 N–H and O–H groups in total. The minimum absolute atomic E-state index is 0.0370. The quantitative estimate of drug-likeness (QED) is 0.677. The van der Waals surface area contributed by atoms with Crippen LogP contribution in [0.15, 0.2) is 23.6 Å². The number of hydrogen-bond donors (Lipinski definition) is 0. The van der Waals surface area contributed by atoms with E-state index in [1.54, 1.807) is 14.2 Å². The summed E-state index contributed by atoms with van der Waals surface area (Å²) in [6, 6.07) is 5.61. The molecule has 0 saturated carbocycles. The van der Waals surface area contributed by atoms with Gasteiger partial charge in [0.05, 0.1) is 14.2 Å². The molecular weight excluding hydrogens is 426 g/mol. The van der Waals surface area contributed by atoms with Crippen molar-refractivity contribution in [2.75, 3.05) is 40.4 Å². The fourth-order valence-corrected chi connectivity index (χ4v) is 5.31. The molecule has 4 rings (SSSR count). The zero-order valence-electron chi connectivity index (χ0n) is 18.8. The van der Waals surface area contributed by atoms with Gasteiger partial charge in [-0.15, -0.1) is 11.3 Å². The summed E-state index contributed by atoms with van der Waals surface area (Å²) in [7, 11) is 3.20. The molecule has 8 heteroatoms. The molecule has 2 aromatic rings. The fourth-order valence-electron chi connectivity index (χ4n) is 4.51. The van der Waals surface area contributed by atoms with Crippen LogP contribution in [0.3, 0.4) is 0 Å². The Kier molecular flexibility index (Phi) is 7.29. The second kappa shape index (κ2) is 10.3. The van der Waals surface area contributed by atoms with E-state index >= 15 is 0 Å². The lowest BCUT2D eigenvalue weighted by Crippen LogP contribution is -2.44. The van der Waals surface area contributed by atoms with Gasteiger partial charge in [0, 0.05) is 43.0 Å². The molecule has 32 heavy (non-hydrogen) atoms. The third-order valence-electron chi connectivity index (χ3n) is 6.40. The van der Waals surface area contributed by atoms with Gasteiger partial charge in [0.15, 0.2) is 11.5 Å². The van der Waals surface area contributed by atoms with Crippen molar-refractivity contribution in [2.24, 2.45) is 5.92 Å². The zero-order chi connectivity index (χ0) is 22.5. The van der Waals surface area contributed by atoms with Gasteiger partial charge in [-0.25, -0.2) is 4.98 Å². The second-order valence-corrected chi connectivity index (χ2v) is 9.27. The van der Waals surface area contributed by atoms with E-state index < -0.39 is 0 Å². The Balaban J connectivity index is 1.37. The molecule has 1 aromatic carbocycles. The van der Waals surface area contributed by atoms with E-state index in [-0.39, 0.29) is 17.7 Å². The van der Waals surface area contributed by atoms with E-state index in [0.29, 0.717) is 30.3 Å². The summed E-state index contributed by atoms with van der Waals surface area (Å²) >= 11 is 1.44. The van der Waals surface area contributed by atoms with Gasteiger partial charge >= 0.3 is 0 Å². The minimum atomic E-state index is -0.0614. The highest BCUT2D eigenvalue weighted by Crippen LogP contribution is 2.34. The number of nitrogens with zero attached hydrogens (tertiary/aromatic N) is 3. The number of likely N-dealkylation sites (tertiary alicyclic amines) is 2. The van der Waals surface area contributed by atoms with E-state index in [2.05, 4.69) is 4.98 Å². The maximum absolute atomic E-state index is 13.0. The molecule has 0 radical (unpaired) electrons. The summed E-state index contributed by atoms with van der Waals surface area (Å²) in [4.78, 5) is 34.4. The molecule has 0 atom stereocenters. The highest BCUT2D eigenvalue weighted by Gasteiger charge is 2.31. The third kappa shape index (κ3) is 4.90. The first-order valence-corrected chi connectivity index (χ1v) is 12.2. The third-order valence-corrected chi connectivity index (χ3v) is 7.29. The van der Waals surface area contributed by atoms with Crippen LogP contribution in [0.5, 0.6) is 11.5 Å². The van der Waals surface area contributed by atoms with Gasteiger partial charge in [-0.1, -0.05) is 12.8 Å². The highest BCUT2D eigenvalue weighted by molar-refractivity contribution is 7.13. The van der Waals surface area contributed by atoms with E-state index in [4.69, 9.17) is 9.47 Å². The molecule has 0 aliphatic carbocycles. The zero-order valence-corrected chi connectivity index (χ0v) is 19.7. The fraction of sp³-hybridized carbons (Fsp3) is 0.542. The van der Waals surface area contributed by atoms with Crippen molar-refractivity contribution in [1.29, 1.82) is 0 Å². The standard InChI is InChI=1S/C24H31N3O4S/c1-30-20-8-7-18(15-21(20)31-2)22-25-19(16-32-22)24(29)27-13-9-17(10-14-27)23(28)26-11-5-3-4-6-12-26/h7-8,15-17H,3-6,9-14H2,1-2H3. The predicted molar refractivity (Wildman–Crippen MR) is 124 cm³/mol. The van der Waals surface area contributed by atoms with Crippen LogP contribution in [0.2, 0.25) is 0 Å². The number of methoxy groups -OCH3 is 2. The highest BCUT2D eigenvalue weighted by atomic mass is 32.1. The normalized spacial score (nSPS) is 17.7. The van der Waals surface area contributed by atoms with Gasteiger partial charge in [-0.3, -0.25) is 9.59 Å². The van der Waals surface area contributed by atoms with Crippen LogP contribution >= 0.6 is 11.3 Å². The van der Waals surface area contributed by atoms with Crippen molar-refractivity contribution in [3.05, 3.63) is 29.3 Å². The Bertz CT molecular complexity index is 944. The number of aromatic nitrogens is 1. The molecule has 0 unspecified atom stereocenters. The number of benzene rings is 1. The van der Waals surface area contributed by atoms with Crippen LogP contribution in [-0.2, 0) is 4.79 Å². The number of carbonyl (C=O) groups excluding carboxylic acids is 2. The van der Waals surface area contributed by atoms with Gasteiger partial charge in [-0.05, 0) is 43.9 Å². The van der Waals surface area contributed by atoms with Crippen molar-refractivity contribution in [3.8, 4) is 22.1 Å². The smallest absolute Gasteiger partial charge is 0.273 e. The minimum Gasteiger partial charge on any atom is -0.493 e.